The zero-order valence-electron chi connectivity index (χ0n) is 24.5. The van der Waals surface area contributed by atoms with Crippen LogP contribution in [0.2, 0.25) is 0 Å². The van der Waals surface area contributed by atoms with Crippen molar-refractivity contribution in [2.24, 2.45) is 5.92 Å². The summed E-state index contributed by atoms with van der Waals surface area (Å²) in [5, 5.41) is 2.62. The fourth-order valence-corrected chi connectivity index (χ4v) is 6.02. The van der Waals surface area contributed by atoms with Gasteiger partial charge in [0.2, 0.25) is 0 Å². The highest BCUT2D eigenvalue weighted by Crippen LogP contribution is 2.46. The second kappa shape index (κ2) is 15.6. The minimum Gasteiger partial charge on any atom is -0.465 e. The van der Waals surface area contributed by atoms with Gasteiger partial charge in [0.05, 0.1) is 19.3 Å². The van der Waals surface area contributed by atoms with Gasteiger partial charge in [-0.25, -0.2) is 9.36 Å². The molecule has 1 aliphatic heterocycles. The standard InChI is InChI=1S/C30H36N3O10P/c1-21-18-25(42-28(21)33-16-15-26(34)31-30(33)37)20-41-44(38,43-24-12-7-4-8-13-24)32-22(2)29(36)39-17-9-14-27(35)40-19-23-10-5-3-6-11-23/h3-8,10-13,15-16,21-22,25,28H,9,14,17-20H2,1-2H3,(H,32,38)(H,31,34,37)/t21?,22-,25?,28?,44?/m0/s1. The zero-order chi connectivity index (χ0) is 31.5. The quantitative estimate of drug-likeness (QED) is 0.143. The number of nitrogens with one attached hydrogen (secondary N) is 2. The van der Waals surface area contributed by atoms with E-state index in [0.717, 1.165) is 5.56 Å². The van der Waals surface area contributed by atoms with Crippen molar-refractivity contribution >= 4 is 19.7 Å². The number of esters is 2. The lowest BCUT2D eigenvalue weighted by atomic mass is 10.1. The number of hydrogen-bond acceptors (Lipinski definition) is 10. The summed E-state index contributed by atoms with van der Waals surface area (Å²) in [5.74, 6) is -1.01. The Kier molecular flexibility index (Phi) is 11.7. The molecule has 4 unspecified atom stereocenters. The van der Waals surface area contributed by atoms with E-state index in [2.05, 4.69) is 10.1 Å². The molecule has 1 fully saturated rings. The number of rotatable bonds is 15. The molecule has 0 saturated carbocycles. The van der Waals surface area contributed by atoms with Crippen LogP contribution in [-0.4, -0.2) is 46.8 Å². The average molecular weight is 630 g/mol. The number of H-pyrrole nitrogens is 1. The summed E-state index contributed by atoms with van der Waals surface area (Å²) >= 11 is 0. The van der Waals surface area contributed by atoms with E-state index in [1.165, 1.54) is 23.8 Å². The van der Waals surface area contributed by atoms with E-state index >= 15 is 0 Å². The van der Waals surface area contributed by atoms with Crippen LogP contribution in [0.3, 0.4) is 0 Å². The topological polar surface area (TPSA) is 164 Å². The molecule has 236 valence electrons. The maximum Gasteiger partial charge on any atom is 0.459 e. The molecule has 5 atom stereocenters. The largest absolute Gasteiger partial charge is 0.465 e. The molecule has 44 heavy (non-hydrogen) atoms. The van der Waals surface area contributed by atoms with Gasteiger partial charge in [-0.2, -0.15) is 5.09 Å². The van der Waals surface area contributed by atoms with Gasteiger partial charge < -0.3 is 18.7 Å². The minimum absolute atomic E-state index is 0.0463. The third kappa shape index (κ3) is 9.75. The molecule has 0 aliphatic carbocycles. The summed E-state index contributed by atoms with van der Waals surface area (Å²) in [6.45, 7) is 3.27. The third-order valence-corrected chi connectivity index (χ3v) is 8.34. The Labute approximate surface area is 254 Å². The lowest BCUT2D eigenvalue weighted by Gasteiger charge is -2.24. The number of carbonyl (C=O) groups is 2. The number of aromatic amines is 1. The number of nitrogens with zero attached hydrogens (tertiary/aromatic N) is 1. The maximum atomic E-state index is 13.8. The van der Waals surface area contributed by atoms with Gasteiger partial charge in [0.25, 0.3) is 5.56 Å². The van der Waals surface area contributed by atoms with Gasteiger partial charge >= 0.3 is 25.4 Å². The summed E-state index contributed by atoms with van der Waals surface area (Å²) in [6, 6.07) is 17.7. The number of aromatic nitrogens is 2. The van der Waals surface area contributed by atoms with Gasteiger partial charge in [0.1, 0.15) is 24.6 Å². The Hall–Kier alpha value is -4.03. The Balaban J connectivity index is 1.29. The molecule has 1 saturated heterocycles. The van der Waals surface area contributed by atoms with Gasteiger partial charge in [-0.15, -0.1) is 0 Å². The highest BCUT2D eigenvalue weighted by atomic mass is 31.2. The maximum absolute atomic E-state index is 13.8. The molecular formula is C30H36N3O10P. The van der Waals surface area contributed by atoms with Crippen LogP contribution in [0.1, 0.15) is 44.9 Å². The van der Waals surface area contributed by atoms with E-state index < -0.39 is 49.3 Å². The van der Waals surface area contributed by atoms with E-state index in [-0.39, 0.29) is 44.3 Å². The molecule has 0 radical (unpaired) electrons. The lowest BCUT2D eigenvalue weighted by Crippen LogP contribution is -2.36. The predicted molar refractivity (Wildman–Crippen MR) is 159 cm³/mol. The van der Waals surface area contributed by atoms with Crippen LogP contribution in [0.15, 0.2) is 82.5 Å². The normalized spacial score (nSPS) is 19.9. The fourth-order valence-electron chi connectivity index (χ4n) is 4.50. The van der Waals surface area contributed by atoms with Crippen molar-refractivity contribution < 1.29 is 37.4 Å². The highest BCUT2D eigenvalue weighted by molar-refractivity contribution is 7.52. The van der Waals surface area contributed by atoms with Gasteiger partial charge in [-0.1, -0.05) is 55.5 Å². The number of benzene rings is 2. The Morgan fingerprint density at radius 2 is 1.77 bits per heavy atom. The molecule has 4 rings (SSSR count). The van der Waals surface area contributed by atoms with Crippen LogP contribution in [0, 0.1) is 5.92 Å². The summed E-state index contributed by atoms with van der Waals surface area (Å²) in [5.41, 5.74) is -0.252. The first kappa shape index (κ1) is 32.9. The SMILES string of the molecule is CC1CC(COP(=O)(N[C@@H](C)C(=O)OCCCC(=O)OCc2ccccc2)Oc2ccccc2)OC1n1ccc(=O)[nH]c1=O. The van der Waals surface area contributed by atoms with Crippen LogP contribution in [0.25, 0.3) is 0 Å². The first-order chi connectivity index (χ1) is 21.1. The smallest absolute Gasteiger partial charge is 0.459 e. The predicted octanol–water partition coefficient (Wildman–Crippen LogP) is 3.71. The number of carbonyl (C=O) groups excluding carboxylic acids is 2. The van der Waals surface area contributed by atoms with Gasteiger partial charge in [0.15, 0.2) is 0 Å². The van der Waals surface area contributed by atoms with Crippen molar-refractivity contribution in [3.05, 3.63) is 99.3 Å². The molecule has 3 aromatic rings. The molecule has 14 heteroatoms. The molecule has 2 heterocycles. The molecule has 0 amide bonds. The van der Waals surface area contributed by atoms with Crippen LogP contribution < -0.4 is 20.9 Å². The summed E-state index contributed by atoms with van der Waals surface area (Å²) in [4.78, 5) is 50.6. The molecule has 1 aromatic heterocycles. The molecule has 13 nitrogen and oxygen atoms in total. The van der Waals surface area contributed by atoms with Crippen molar-refractivity contribution in [2.45, 2.75) is 58.1 Å². The Morgan fingerprint density at radius 3 is 2.48 bits per heavy atom. The second-order valence-corrected chi connectivity index (χ2v) is 12.0. The summed E-state index contributed by atoms with van der Waals surface area (Å²) in [7, 11) is -4.15. The van der Waals surface area contributed by atoms with E-state index in [1.807, 2.05) is 37.3 Å². The van der Waals surface area contributed by atoms with Crippen LogP contribution in [0.4, 0.5) is 0 Å². The molecule has 2 aromatic carbocycles. The monoisotopic (exact) mass is 629 g/mol. The van der Waals surface area contributed by atoms with E-state index in [4.69, 9.17) is 23.3 Å². The first-order valence-electron chi connectivity index (χ1n) is 14.2. The average Bonchev–Trinajstić information content (AvgIpc) is 3.38. The van der Waals surface area contributed by atoms with E-state index in [9.17, 15) is 23.7 Å². The molecule has 0 spiro atoms. The lowest BCUT2D eigenvalue weighted by molar-refractivity contribution is -0.149. The Bertz CT molecular complexity index is 1550. The second-order valence-electron chi connectivity index (χ2n) is 10.3. The van der Waals surface area contributed by atoms with E-state index in [0.29, 0.717) is 6.42 Å². The molecule has 1 aliphatic rings. The fraction of sp³-hybridized carbons (Fsp3) is 0.400. The minimum atomic E-state index is -4.15. The molecule has 0 bridgehead atoms. The van der Waals surface area contributed by atoms with Gasteiger partial charge in [0, 0.05) is 24.6 Å². The number of ether oxygens (including phenoxy) is 3. The van der Waals surface area contributed by atoms with Crippen molar-refractivity contribution in [2.75, 3.05) is 13.2 Å². The van der Waals surface area contributed by atoms with Gasteiger partial charge in [-0.05, 0) is 37.5 Å². The van der Waals surface area contributed by atoms with Crippen LogP contribution in [0.5, 0.6) is 5.75 Å². The van der Waals surface area contributed by atoms with Crippen molar-refractivity contribution in [3.8, 4) is 5.75 Å². The van der Waals surface area contributed by atoms with Crippen LogP contribution in [-0.2, 0) is 39.5 Å². The molecular weight excluding hydrogens is 593 g/mol. The number of hydrogen-bond donors (Lipinski definition) is 2. The summed E-state index contributed by atoms with van der Waals surface area (Å²) < 4.78 is 43.0. The number of para-hydroxylation sites is 1. The zero-order valence-corrected chi connectivity index (χ0v) is 25.4. The van der Waals surface area contributed by atoms with E-state index in [1.54, 1.807) is 30.3 Å². The molecule has 2 N–H and O–H groups in total. The van der Waals surface area contributed by atoms with Crippen molar-refractivity contribution in [3.63, 3.8) is 0 Å². The highest BCUT2D eigenvalue weighted by Gasteiger charge is 2.38. The van der Waals surface area contributed by atoms with Crippen LogP contribution >= 0.6 is 7.75 Å². The van der Waals surface area contributed by atoms with Gasteiger partial charge in [-0.3, -0.25) is 28.5 Å². The third-order valence-electron chi connectivity index (χ3n) is 6.70. The summed E-state index contributed by atoms with van der Waals surface area (Å²) in [6.07, 6.45) is 0.904. The Morgan fingerprint density at radius 1 is 1.07 bits per heavy atom. The van der Waals surface area contributed by atoms with Crippen molar-refractivity contribution in [1.82, 2.24) is 14.6 Å². The van der Waals surface area contributed by atoms with Crippen molar-refractivity contribution in [1.29, 1.82) is 0 Å². The first-order valence-corrected chi connectivity index (χ1v) is 15.8.